The van der Waals surface area contributed by atoms with Gasteiger partial charge in [0.1, 0.15) is 0 Å². The number of esters is 1. The van der Waals surface area contributed by atoms with E-state index in [0.717, 1.165) is 5.56 Å². The summed E-state index contributed by atoms with van der Waals surface area (Å²) in [5.74, 6) is -0.391. The molecular weight excluding hydrogens is 446 g/mol. The molecule has 0 fully saturated rings. The highest BCUT2D eigenvalue weighted by Crippen LogP contribution is 2.36. The maximum Gasteiger partial charge on any atom is 0.330 e. The number of nitrogens with zero attached hydrogens (tertiary/aromatic N) is 1. The lowest BCUT2D eigenvalue weighted by molar-refractivity contribution is -0.148. The summed E-state index contributed by atoms with van der Waals surface area (Å²) in [7, 11) is -3.87. The number of ketones is 1. The van der Waals surface area contributed by atoms with Crippen LogP contribution in [0.25, 0.3) is 10.9 Å². The normalized spacial score (nSPS) is 13.6. The summed E-state index contributed by atoms with van der Waals surface area (Å²) in [4.78, 5) is 25.8. The van der Waals surface area contributed by atoms with Crippen molar-refractivity contribution in [3.8, 4) is 0 Å². The van der Waals surface area contributed by atoms with Crippen LogP contribution in [0.2, 0.25) is 0 Å². The molecule has 0 radical (unpaired) electrons. The van der Waals surface area contributed by atoms with Crippen LogP contribution >= 0.6 is 11.8 Å². The summed E-state index contributed by atoms with van der Waals surface area (Å²) in [6.07, 6.45) is 1.56. The van der Waals surface area contributed by atoms with Gasteiger partial charge in [-0.15, -0.1) is 11.8 Å². The van der Waals surface area contributed by atoms with Crippen LogP contribution in [-0.2, 0) is 30.8 Å². The molecule has 1 aromatic heterocycles. The molecule has 3 aromatic rings. The van der Waals surface area contributed by atoms with Gasteiger partial charge in [0.15, 0.2) is 10.5 Å². The first kappa shape index (κ1) is 24.1. The van der Waals surface area contributed by atoms with Crippen molar-refractivity contribution in [3.05, 3.63) is 65.9 Å². The molecule has 0 amide bonds. The van der Waals surface area contributed by atoms with Gasteiger partial charge in [-0.1, -0.05) is 42.8 Å². The second-order valence-corrected chi connectivity index (χ2v) is 10.9. The molecule has 0 spiro atoms. The molecular formula is C24H27NO5S2. The summed E-state index contributed by atoms with van der Waals surface area (Å²) in [5.41, 5.74) is 2.05. The Morgan fingerprint density at radius 3 is 2.31 bits per heavy atom. The molecule has 1 heterocycles. The molecule has 8 heteroatoms. The Labute approximate surface area is 193 Å². The fourth-order valence-corrected chi connectivity index (χ4v) is 6.22. The van der Waals surface area contributed by atoms with Crippen molar-refractivity contribution >= 4 is 44.4 Å². The van der Waals surface area contributed by atoms with Crippen LogP contribution in [0.1, 0.15) is 31.9 Å². The van der Waals surface area contributed by atoms with E-state index >= 15 is 0 Å². The molecule has 0 N–H and O–H groups in total. The smallest absolute Gasteiger partial charge is 0.330 e. The summed E-state index contributed by atoms with van der Waals surface area (Å²) < 4.78 is 31.9. The van der Waals surface area contributed by atoms with Crippen molar-refractivity contribution in [2.75, 3.05) is 12.4 Å². The van der Waals surface area contributed by atoms with Crippen molar-refractivity contribution in [2.45, 2.75) is 43.8 Å². The van der Waals surface area contributed by atoms with Crippen molar-refractivity contribution in [3.63, 3.8) is 0 Å². The second kappa shape index (κ2) is 9.50. The third-order valence-corrected chi connectivity index (χ3v) is 8.41. The predicted octanol–water partition coefficient (Wildman–Crippen LogP) is 4.37. The number of fused-ring (bicyclic) bond motifs is 1. The molecule has 0 aliphatic heterocycles. The first-order valence-electron chi connectivity index (χ1n) is 10.4. The highest BCUT2D eigenvalue weighted by atomic mass is 32.2. The Morgan fingerprint density at radius 1 is 1.06 bits per heavy atom. The van der Waals surface area contributed by atoms with Gasteiger partial charge in [0.05, 0.1) is 17.0 Å². The average Bonchev–Trinajstić information content (AvgIpc) is 3.13. The van der Waals surface area contributed by atoms with Gasteiger partial charge in [0, 0.05) is 18.0 Å². The van der Waals surface area contributed by atoms with Gasteiger partial charge in [-0.25, -0.2) is 12.4 Å². The molecule has 6 nitrogen and oxygen atoms in total. The van der Waals surface area contributed by atoms with E-state index in [9.17, 15) is 18.0 Å². The number of ether oxygens (including phenoxy) is 1. The Morgan fingerprint density at radius 2 is 1.72 bits per heavy atom. The summed E-state index contributed by atoms with van der Waals surface area (Å²) in [6.45, 7) is 6.98. The molecule has 0 bridgehead atoms. The van der Waals surface area contributed by atoms with Crippen LogP contribution in [0.4, 0.5) is 0 Å². The van der Waals surface area contributed by atoms with Crippen molar-refractivity contribution in [1.29, 1.82) is 0 Å². The average molecular weight is 474 g/mol. The summed E-state index contributed by atoms with van der Waals surface area (Å²) in [5, 5.41) is 0.676. The van der Waals surface area contributed by atoms with Gasteiger partial charge >= 0.3 is 5.97 Å². The zero-order chi connectivity index (χ0) is 23.5. The van der Waals surface area contributed by atoms with Gasteiger partial charge in [-0.2, -0.15) is 0 Å². The van der Waals surface area contributed by atoms with Crippen LogP contribution in [0.5, 0.6) is 0 Å². The van der Waals surface area contributed by atoms with Crippen LogP contribution in [-0.4, -0.2) is 41.2 Å². The highest BCUT2D eigenvalue weighted by Gasteiger charge is 2.46. The van der Waals surface area contributed by atoms with Crippen LogP contribution < -0.4 is 0 Å². The molecule has 1 unspecified atom stereocenters. The van der Waals surface area contributed by atoms with Crippen molar-refractivity contribution < 1.29 is 22.7 Å². The number of hydrogen-bond donors (Lipinski definition) is 0. The van der Waals surface area contributed by atoms with Gasteiger partial charge in [-0.05, 0) is 50.3 Å². The Balaban J connectivity index is 2.19. The number of aryl methyl sites for hydroxylation is 1. The number of carbonyl (C=O) groups is 2. The number of para-hydroxylation sites is 1. The molecule has 0 saturated carbocycles. The number of Topliss-reactive ketones (excluding diaryl/α,β-unsaturated/α-hetero) is 1. The van der Waals surface area contributed by atoms with Gasteiger partial charge in [0.25, 0.3) is 10.0 Å². The monoisotopic (exact) mass is 473 g/mol. The molecule has 3 rings (SSSR count). The fourth-order valence-electron chi connectivity index (χ4n) is 3.70. The molecule has 0 aliphatic carbocycles. The number of hydrogen-bond acceptors (Lipinski definition) is 6. The lowest BCUT2D eigenvalue weighted by Gasteiger charge is -2.27. The SMILES string of the molecule is CCOC(=O)C(Cc1cn(S(=O)(=O)c2ccc(C)cc2)c2ccccc12)(SCC)C(C)=O. The Bertz CT molecular complexity index is 1250. The minimum absolute atomic E-state index is 0.0383. The standard InChI is InChI=1S/C24H27NO5S2/c1-5-30-23(27)24(18(4)26,31-6-2)15-19-16-25(22-10-8-7-9-21(19)22)32(28,29)20-13-11-17(3)12-14-20/h7-14,16H,5-6,15H2,1-4H3. The zero-order valence-corrected chi connectivity index (χ0v) is 20.3. The highest BCUT2D eigenvalue weighted by molar-refractivity contribution is 8.02. The van der Waals surface area contributed by atoms with E-state index in [1.54, 1.807) is 55.5 Å². The number of benzene rings is 2. The van der Waals surface area contributed by atoms with Gasteiger partial charge < -0.3 is 4.74 Å². The van der Waals surface area contributed by atoms with E-state index < -0.39 is 20.7 Å². The topological polar surface area (TPSA) is 82.4 Å². The van der Waals surface area contributed by atoms with E-state index in [0.29, 0.717) is 22.2 Å². The van der Waals surface area contributed by atoms with Crippen LogP contribution in [0, 0.1) is 6.92 Å². The van der Waals surface area contributed by atoms with Gasteiger partial charge in [-0.3, -0.25) is 9.59 Å². The van der Waals surface area contributed by atoms with E-state index in [1.165, 1.54) is 28.9 Å². The first-order chi connectivity index (χ1) is 15.2. The molecule has 2 aromatic carbocycles. The third-order valence-electron chi connectivity index (χ3n) is 5.34. The largest absolute Gasteiger partial charge is 0.465 e. The number of carbonyl (C=O) groups excluding carboxylic acids is 2. The lowest BCUT2D eigenvalue weighted by Crippen LogP contribution is -2.46. The molecule has 1 atom stereocenters. The van der Waals surface area contributed by atoms with E-state index in [1.807, 2.05) is 13.8 Å². The predicted molar refractivity (Wildman–Crippen MR) is 128 cm³/mol. The van der Waals surface area contributed by atoms with E-state index in [4.69, 9.17) is 4.74 Å². The Kier molecular flexibility index (Phi) is 7.15. The van der Waals surface area contributed by atoms with Crippen LogP contribution in [0.3, 0.4) is 0 Å². The number of rotatable bonds is 9. The van der Waals surface area contributed by atoms with E-state index in [2.05, 4.69) is 0 Å². The minimum atomic E-state index is -3.87. The van der Waals surface area contributed by atoms with Crippen molar-refractivity contribution in [2.24, 2.45) is 0 Å². The summed E-state index contributed by atoms with van der Waals surface area (Å²) >= 11 is 1.22. The molecule has 0 saturated heterocycles. The third kappa shape index (κ3) is 4.34. The number of thioether (sulfide) groups is 1. The minimum Gasteiger partial charge on any atom is -0.465 e. The first-order valence-corrected chi connectivity index (χ1v) is 12.8. The van der Waals surface area contributed by atoms with Crippen LogP contribution in [0.15, 0.2) is 59.6 Å². The maximum atomic E-state index is 13.4. The number of aromatic nitrogens is 1. The van der Waals surface area contributed by atoms with E-state index in [-0.39, 0.29) is 23.7 Å². The molecule has 170 valence electrons. The fraction of sp³-hybridized carbons (Fsp3) is 0.333. The molecule has 0 aliphatic rings. The van der Waals surface area contributed by atoms with Gasteiger partial charge in [0.2, 0.25) is 0 Å². The molecule has 32 heavy (non-hydrogen) atoms. The Hall–Kier alpha value is -2.58. The second-order valence-electron chi connectivity index (χ2n) is 7.50. The zero-order valence-electron chi connectivity index (χ0n) is 18.6. The lowest BCUT2D eigenvalue weighted by atomic mass is 9.94. The quantitative estimate of drug-likeness (QED) is 0.339. The van der Waals surface area contributed by atoms with Crippen molar-refractivity contribution in [1.82, 2.24) is 3.97 Å². The summed E-state index contributed by atoms with van der Waals surface area (Å²) in [6, 6.07) is 13.7. The maximum absolute atomic E-state index is 13.4.